The molecule has 0 fully saturated rings. The highest BCUT2D eigenvalue weighted by molar-refractivity contribution is 6.04. The molecule has 1 unspecified atom stereocenters. The fraction of sp³-hybridized carbons (Fsp3) is 0.333. The number of carbonyl (C=O) groups is 1. The summed E-state index contributed by atoms with van der Waals surface area (Å²) in [7, 11) is 4.62. The zero-order valence-corrected chi connectivity index (χ0v) is 19.9. The predicted octanol–water partition coefficient (Wildman–Crippen LogP) is 5.02. The molecule has 1 atom stereocenters. The third kappa shape index (κ3) is 3.34. The number of benzene rings is 2. The van der Waals surface area contributed by atoms with E-state index in [2.05, 4.69) is 19.2 Å². The number of ketones is 1. The standard InChI is InChI=1S/C27H27NO6/c1-27(2)12-16-22(17(29)13-27)21(14-10-19(31-3)25(33-5)20(11-14)32-4)23-24(28-16)15-8-6-7-9-18(15)34-26(23)30/h6-11,21,28H,12-13H2,1-5H3. The summed E-state index contributed by atoms with van der Waals surface area (Å²) >= 11 is 0. The maximum atomic E-state index is 13.5. The average molecular weight is 462 g/mol. The Balaban J connectivity index is 1.86. The van der Waals surface area contributed by atoms with Gasteiger partial charge in [0.05, 0.1) is 32.6 Å². The Bertz CT molecular complexity index is 1390. The SMILES string of the molecule is COc1cc(C2C3=C(CC(C)(C)CC3=O)Nc3c2c(=O)oc2ccccc32)cc(OC)c1OC. The fourth-order valence-corrected chi connectivity index (χ4v) is 5.24. The number of methoxy groups -OCH3 is 3. The van der Waals surface area contributed by atoms with Crippen molar-refractivity contribution in [1.29, 1.82) is 0 Å². The van der Waals surface area contributed by atoms with Gasteiger partial charge in [-0.3, -0.25) is 4.79 Å². The minimum absolute atomic E-state index is 0.00992. The summed E-state index contributed by atoms with van der Waals surface area (Å²) in [5.74, 6) is 0.722. The van der Waals surface area contributed by atoms with Gasteiger partial charge in [0.15, 0.2) is 17.3 Å². The number of para-hydroxylation sites is 1. The number of allylic oxidation sites excluding steroid dienone is 2. The van der Waals surface area contributed by atoms with Crippen LogP contribution in [0.4, 0.5) is 5.69 Å². The van der Waals surface area contributed by atoms with Crippen LogP contribution in [0.1, 0.15) is 43.7 Å². The minimum Gasteiger partial charge on any atom is -0.493 e. The van der Waals surface area contributed by atoms with E-state index < -0.39 is 11.5 Å². The molecule has 7 heteroatoms. The molecule has 0 saturated carbocycles. The Kier molecular flexibility index (Phi) is 5.15. The average Bonchev–Trinajstić information content (AvgIpc) is 2.81. The van der Waals surface area contributed by atoms with Crippen LogP contribution in [0.15, 0.2) is 56.9 Å². The van der Waals surface area contributed by atoms with Crippen LogP contribution in [-0.2, 0) is 4.79 Å². The Morgan fingerprint density at radius 3 is 2.29 bits per heavy atom. The molecule has 0 bridgehead atoms. The number of Topliss-reactive ketones (excluding diaryl/α,β-unsaturated/α-hetero) is 1. The van der Waals surface area contributed by atoms with Gasteiger partial charge in [0.2, 0.25) is 5.75 Å². The van der Waals surface area contributed by atoms with Gasteiger partial charge in [0.1, 0.15) is 5.58 Å². The number of nitrogens with one attached hydrogen (secondary N) is 1. The highest BCUT2D eigenvalue weighted by Crippen LogP contribution is 2.51. The number of ether oxygens (including phenoxy) is 3. The molecule has 34 heavy (non-hydrogen) atoms. The van der Waals surface area contributed by atoms with Crippen molar-refractivity contribution in [3.05, 3.63) is 69.2 Å². The lowest BCUT2D eigenvalue weighted by atomic mass is 9.69. The van der Waals surface area contributed by atoms with Crippen LogP contribution in [-0.4, -0.2) is 27.1 Å². The molecule has 1 aromatic heterocycles. The number of hydrogen-bond donors (Lipinski definition) is 1. The van der Waals surface area contributed by atoms with Crippen molar-refractivity contribution in [2.45, 2.75) is 32.6 Å². The number of fused-ring (bicyclic) bond motifs is 3. The van der Waals surface area contributed by atoms with Crippen LogP contribution >= 0.6 is 0 Å². The van der Waals surface area contributed by atoms with Gasteiger partial charge < -0.3 is 23.9 Å². The maximum Gasteiger partial charge on any atom is 0.342 e. The minimum atomic E-state index is -0.635. The number of hydrogen-bond acceptors (Lipinski definition) is 7. The second kappa shape index (κ2) is 7.94. The molecule has 1 N–H and O–H groups in total. The highest BCUT2D eigenvalue weighted by atomic mass is 16.5. The topological polar surface area (TPSA) is 87.0 Å². The quantitative estimate of drug-likeness (QED) is 0.546. The molecule has 7 nitrogen and oxygen atoms in total. The van der Waals surface area contributed by atoms with Crippen molar-refractivity contribution in [2.75, 3.05) is 26.6 Å². The summed E-state index contributed by atoms with van der Waals surface area (Å²) < 4.78 is 22.3. The van der Waals surface area contributed by atoms with Crippen LogP contribution < -0.4 is 25.2 Å². The van der Waals surface area contributed by atoms with Gasteiger partial charge in [-0.25, -0.2) is 4.79 Å². The van der Waals surface area contributed by atoms with E-state index in [-0.39, 0.29) is 11.2 Å². The van der Waals surface area contributed by atoms with Gasteiger partial charge >= 0.3 is 5.63 Å². The van der Waals surface area contributed by atoms with Crippen molar-refractivity contribution < 1.29 is 23.4 Å². The van der Waals surface area contributed by atoms with Crippen molar-refractivity contribution in [2.24, 2.45) is 5.41 Å². The third-order valence-electron chi connectivity index (χ3n) is 6.64. The summed E-state index contributed by atoms with van der Waals surface area (Å²) in [5, 5.41) is 4.25. The Morgan fingerprint density at radius 2 is 1.65 bits per heavy atom. The Hall–Kier alpha value is -3.74. The van der Waals surface area contributed by atoms with E-state index in [4.69, 9.17) is 18.6 Å². The molecule has 1 aliphatic heterocycles. The molecule has 2 aromatic carbocycles. The van der Waals surface area contributed by atoms with E-state index in [0.717, 1.165) is 11.1 Å². The third-order valence-corrected chi connectivity index (χ3v) is 6.64. The van der Waals surface area contributed by atoms with Gasteiger partial charge in [0.25, 0.3) is 0 Å². The summed E-state index contributed by atoms with van der Waals surface area (Å²) in [4.78, 5) is 26.9. The second-order valence-corrected chi connectivity index (χ2v) is 9.52. The fourth-order valence-electron chi connectivity index (χ4n) is 5.24. The Morgan fingerprint density at radius 1 is 0.971 bits per heavy atom. The van der Waals surface area contributed by atoms with E-state index in [1.54, 1.807) is 18.2 Å². The first kappa shape index (κ1) is 22.1. The van der Waals surface area contributed by atoms with Gasteiger partial charge in [-0.2, -0.15) is 0 Å². The first-order valence-corrected chi connectivity index (χ1v) is 11.2. The molecule has 2 aliphatic rings. The van der Waals surface area contributed by atoms with Gasteiger partial charge in [-0.1, -0.05) is 26.0 Å². The van der Waals surface area contributed by atoms with E-state index >= 15 is 0 Å². The molecule has 3 aromatic rings. The van der Waals surface area contributed by atoms with Crippen molar-refractivity contribution in [1.82, 2.24) is 0 Å². The molecular formula is C27H27NO6. The first-order chi connectivity index (χ1) is 16.3. The molecule has 0 spiro atoms. The summed E-state index contributed by atoms with van der Waals surface area (Å²) in [6.07, 6.45) is 1.08. The van der Waals surface area contributed by atoms with Crippen LogP contribution in [0.2, 0.25) is 0 Å². The van der Waals surface area contributed by atoms with Gasteiger partial charge in [0, 0.05) is 29.0 Å². The van der Waals surface area contributed by atoms with Gasteiger partial charge in [-0.05, 0) is 41.7 Å². The lowest BCUT2D eigenvalue weighted by Gasteiger charge is -2.39. The summed E-state index contributed by atoms with van der Waals surface area (Å²) in [6.45, 7) is 4.16. The zero-order valence-electron chi connectivity index (χ0n) is 19.9. The second-order valence-electron chi connectivity index (χ2n) is 9.52. The number of rotatable bonds is 4. The number of carbonyl (C=O) groups excluding carboxylic acids is 1. The molecule has 5 rings (SSSR count). The smallest absolute Gasteiger partial charge is 0.342 e. The maximum absolute atomic E-state index is 13.5. The normalized spacial score (nSPS) is 18.7. The first-order valence-electron chi connectivity index (χ1n) is 11.2. The molecule has 0 amide bonds. The molecular weight excluding hydrogens is 434 g/mol. The molecule has 2 heterocycles. The zero-order chi connectivity index (χ0) is 24.2. The predicted molar refractivity (Wildman–Crippen MR) is 129 cm³/mol. The van der Waals surface area contributed by atoms with E-state index in [1.807, 2.05) is 18.2 Å². The largest absolute Gasteiger partial charge is 0.493 e. The Labute approximate surface area is 197 Å². The molecule has 176 valence electrons. The molecule has 1 aliphatic carbocycles. The number of anilines is 1. The summed E-state index contributed by atoms with van der Waals surface area (Å²) in [6, 6.07) is 11.0. The van der Waals surface area contributed by atoms with E-state index in [0.29, 0.717) is 58.1 Å². The van der Waals surface area contributed by atoms with E-state index in [9.17, 15) is 9.59 Å². The molecule has 0 radical (unpaired) electrons. The van der Waals surface area contributed by atoms with E-state index in [1.165, 1.54) is 21.3 Å². The molecule has 0 saturated heterocycles. The lowest BCUT2D eigenvalue weighted by Crippen LogP contribution is -2.35. The van der Waals surface area contributed by atoms with Crippen LogP contribution in [0.3, 0.4) is 0 Å². The highest BCUT2D eigenvalue weighted by Gasteiger charge is 2.43. The van der Waals surface area contributed by atoms with Crippen LogP contribution in [0.5, 0.6) is 17.2 Å². The monoisotopic (exact) mass is 461 g/mol. The van der Waals surface area contributed by atoms with Crippen LogP contribution in [0.25, 0.3) is 11.0 Å². The van der Waals surface area contributed by atoms with Crippen molar-refractivity contribution in [3.8, 4) is 17.2 Å². The van der Waals surface area contributed by atoms with Crippen molar-refractivity contribution in [3.63, 3.8) is 0 Å². The summed E-state index contributed by atoms with van der Waals surface area (Å²) in [5.41, 5.74) is 3.01. The lowest BCUT2D eigenvalue weighted by molar-refractivity contribution is -0.118. The van der Waals surface area contributed by atoms with Crippen LogP contribution in [0, 0.1) is 5.41 Å². The van der Waals surface area contributed by atoms with Gasteiger partial charge in [-0.15, -0.1) is 0 Å². The van der Waals surface area contributed by atoms with Crippen molar-refractivity contribution >= 4 is 22.4 Å².